The molecule has 6 nitrogen and oxygen atoms in total. The number of carbonyl (C=O) groups excluding carboxylic acids is 1. The van der Waals surface area contributed by atoms with Crippen molar-refractivity contribution >= 4 is 16.0 Å². The Labute approximate surface area is 121 Å². The third-order valence-corrected chi connectivity index (χ3v) is 4.43. The first-order valence-electron chi connectivity index (χ1n) is 6.58. The molecule has 0 radical (unpaired) electrons. The fourth-order valence-corrected chi connectivity index (χ4v) is 2.37. The Morgan fingerprint density at radius 1 is 1.35 bits per heavy atom. The van der Waals surface area contributed by atoms with Gasteiger partial charge in [-0.25, -0.2) is 8.42 Å². The molecule has 0 aromatic carbocycles. The molecule has 0 aliphatic rings. The van der Waals surface area contributed by atoms with Gasteiger partial charge in [-0.3, -0.25) is 4.79 Å². The van der Waals surface area contributed by atoms with E-state index >= 15 is 0 Å². The van der Waals surface area contributed by atoms with Gasteiger partial charge >= 0.3 is 5.97 Å². The minimum absolute atomic E-state index is 0.231. The van der Waals surface area contributed by atoms with E-state index in [2.05, 4.69) is 4.72 Å². The SMILES string of the molecule is CC[C@H](C)[C@H](NS(=O)(=O)C(C)C#N)C(=O)OC(C)(C)C. The maximum Gasteiger partial charge on any atom is 0.324 e. The highest BCUT2D eigenvalue weighted by Gasteiger charge is 2.34. The van der Waals surface area contributed by atoms with Crippen LogP contribution in [0.5, 0.6) is 0 Å². The zero-order chi connectivity index (χ0) is 16.1. The van der Waals surface area contributed by atoms with Gasteiger partial charge in [0.2, 0.25) is 10.0 Å². The van der Waals surface area contributed by atoms with Crippen LogP contribution in [-0.4, -0.2) is 31.3 Å². The van der Waals surface area contributed by atoms with Crippen LogP contribution in [0.15, 0.2) is 0 Å². The molecule has 7 heteroatoms. The fraction of sp³-hybridized carbons (Fsp3) is 0.846. The first-order valence-corrected chi connectivity index (χ1v) is 8.12. The highest BCUT2D eigenvalue weighted by Crippen LogP contribution is 2.16. The quantitative estimate of drug-likeness (QED) is 0.751. The van der Waals surface area contributed by atoms with Crippen LogP contribution in [0.3, 0.4) is 0 Å². The van der Waals surface area contributed by atoms with Crippen molar-refractivity contribution < 1.29 is 17.9 Å². The van der Waals surface area contributed by atoms with Crippen LogP contribution >= 0.6 is 0 Å². The summed E-state index contributed by atoms with van der Waals surface area (Å²) in [7, 11) is -3.88. The number of esters is 1. The van der Waals surface area contributed by atoms with Gasteiger partial charge < -0.3 is 4.74 Å². The van der Waals surface area contributed by atoms with E-state index in [-0.39, 0.29) is 5.92 Å². The van der Waals surface area contributed by atoms with E-state index in [1.54, 1.807) is 33.8 Å². The van der Waals surface area contributed by atoms with Gasteiger partial charge in [0.25, 0.3) is 0 Å². The second-order valence-corrected chi connectivity index (χ2v) is 7.86. The molecule has 116 valence electrons. The minimum atomic E-state index is -3.88. The first-order chi connectivity index (χ1) is 8.94. The maximum absolute atomic E-state index is 12.1. The normalized spacial score (nSPS) is 16.9. The molecule has 1 unspecified atom stereocenters. The summed E-state index contributed by atoms with van der Waals surface area (Å²) in [6, 6.07) is 0.666. The van der Waals surface area contributed by atoms with Crippen LogP contribution in [0.1, 0.15) is 48.0 Å². The molecule has 20 heavy (non-hydrogen) atoms. The summed E-state index contributed by atoms with van der Waals surface area (Å²) in [6.07, 6.45) is 0.605. The fourth-order valence-electron chi connectivity index (χ4n) is 1.35. The summed E-state index contributed by atoms with van der Waals surface area (Å²) >= 11 is 0. The van der Waals surface area contributed by atoms with Crippen LogP contribution in [0.4, 0.5) is 0 Å². The summed E-state index contributed by atoms with van der Waals surface area (Å²) in [5, 5.41) is 7.49. The van der Waals surface area contributed by atoms with E-state index in [1.807, 2.05) is 6.92 Å². The highest BCUT2D eigenvalue weighted by molar-refractivity contribution is 7.90. The summed E-state index contributed by atoms with van der Waals surface area (Å²) in [6.45, 7) is 10.0. The monoisotopic (exact) mass is 304 g/mol. The Bertz CT molecular complexity index is 474. The molecule has 0 amide bonds. The van der Waals surface area contributed by atoms with Crippen molar-refractivity contribution in [3.63, 3.8) is 0 Å². The average Bonchev–Trinajstić information content (AvgIpc) is 2.31. The van der Waals surface area contributed by atoms with Gasteiger partial charge in [0.1, 0.15) is 11.6 Å². The molecule has 3 atom stereocenters. The molecule has 0 spiro atoms. The van der Waals surface area contributed by atoms with E-state index in [9.17, 15) is 13.2 Å². The molecule has 0 fully saturated rings. The number of carbonyl (C=O) groups is 1. The van der Waals surface area contributed by atoms with Crippen LogP contribution in [0.25, 0.3) is 0 Å². The van der Waals surface area contributed by atoms with Gasteiger partial charge in [-0.2, -0.15) is 9.98 Å². The van der Waals surface area contributed by atoms with E-state index < -0.39 is 32.9 Å². The van der Waals surface area contributed by atoms with Crippen LogP contribution in [-0.2, 0) is 19.6 Å². The lowest BCUT2D eigenvalue weighted by Gasteiger charge is -2.27. The summed E-state index contributed by atoms with van der Waals surface area (Å²) in [5.74, 6) is -0.855. The lowest BCUT2D eigenvalue weighted by Crippen LogP contribution is -2.49. The van der Waals surface area contributed by atoms with Crippen molar-refractivity contribution in [2.75, 3.05) is 0 Å². The van der Waals surface area contributed by atoms with E-state index in [1.165, 1.54) is 6.92 Å². The zero-order valence-corrected chi connectivity index (χ0v) is 13.7. The van der Waals surface area contributed by atoms with Gasteiger partial charge in [0, 0.05) is 0 Å². The summed E-state index contributed by atoms with van der Waals surface area (Å²) in [4.78, 5) is 12.1. The number of hydrogen-bond donors (Lipinski definition) is 1. The molecule has 1 N–H and O–H groups in total. The molecule has 0 bridgehead atoms. The second kappa shape index (κ2) is 7.04. The van der Waals surface area contributed by atoms with Crippen LogP contribution in [0, 0.1) is 17.2 Å². The zero-order valence-electron chi connectivity index (χ0n) is 12.9. The van der Waals surface area contributed by atoms with Gasteiger partial charge in [0.15, 0.2) is 5.25 Å². The Morgan fingerprint density at radius 3 is 2.20 bits per heavy atom. The van der Waals surface area contributed by atoms with E-state index in [0.717, 1.165) is 0 Å². The largest absolute Gasteiger partial charge is 0.459 e. The molecule has 0 aromatic rings. The molecular formula is C13H24N2O4S. The molecule has 0 aromatic heterocycles. The summed E-state index contributed by atoms with van der Waals surface area (Å²) in [5.41, 5.74) is -0.699. The van der Waals surface area contributed by atoms with Crippen LogP contribution in [0.2, 0.25) is 0 Å². The van der Waals surface area contributed by atoms with Crippen molar-refractivity contribution in [2.45, 2.75) is 64.9 Å². The molecular weight excluding hydrogens is 280 g/mol. The van der Waals surface area contributed by atoms with Crippen LogP contribution < -0.4 is 4.72 Å². The third kappa shape index (κ3) is 5.88. The van der Waals surface area contributed by atoms with Crippen molar-refractivity contribution in [1.82, 2.24) is 4.72 Å². The van der Waals surface area contributed by atoms with Gasteiger partial charge in [-0.15, -0.1) is 0 Å². The lowest BCUT2D eigenvalue weighted by molar-refractivity contribution is -0.158. The van der Waals surface area contributed by atoms with Crippen molar-refractivity contribution in [2.24, 2.45) is 5.92 Å². The number of ether oxygens (including phenoxy) is 1. The number of hydrogen-bond acceptors (Lipinski definition) is 5. The van der Waals surface area contributed by atoms with E-state index in [4.69, 9.17) is 10.00 Å². The van der Waals surface area contributed by atoms with Gasteiger partial charge in [-0.1, -0.05) is 20.3 Å². The molecule has 0 aliphatic heterocycles. The second-order valence-electron chi connectivity index (χ2n) is 5.83. The maximum atomic E-state index is 12.1. The smallest absolute Gasteiger partial charge is 0.324 e. The highest BCUT2D eigenvalue weighted by atomic mass is 32.2. The number of nitriles is 1. The summed E-state index contributed by atoms with van der Waals surface area (Å²) < 4.78 is 31.4. The molecule has 0 aliphatic carbocycles. The number of nitrogens with zero attached hydrogens (tertiary/aromatic N) is 1. The first kappa shape index (κ1) is 18.9. The van der Waals surface area contributed by atoms with Gasteiger partial charge in [0.05, 0.1) is 6.07 Å². The Balaban J connectivity index is 5.21. The Kier molecular flexibility index (Phi) is 6.65. The predicted molar refractivity (Wildman–Crippen MR) is 76.2 cm³/mol. The third-order valence-electron chi connectivity index (χ3n) is 2.81. The molecule has 0 rings (SSSR count). The predicted octanol–water partition coefficient (Wildman–Crippen LogP) is 1.57. The number of nitrogens with one attached hydrogen (secondary N) is 1. The lowest BCUT2D eigenvalue weighted by atomic mass is 10.00. The molecule has 0 heterocycles. The standard InChI is InChI=1S/C13H24N2O4S/c1-7-9(2)11(12(16)19-13(4,5)6)15-20(17,18)10(3)8-14/h9-11,15H,7H2,1-6H3/t9-,10?,11-/m0/s1. The van der Waals surface area contributed by atoms with E-state index in [0.29, 0.717) is 6.42 Å². The topological polar surface area (TPSA) is 96.3 Å². The number of sulfonamides is 1. The molecule has 0 saturated carbocycles. The molecule has 0 saturated heterocycles. The van der Waals surface area contributed by atoms with Crippen molar-refractivity contribution in [3.05, 3.63) is 0 Å². The minimum Gasteiger partial charge on any atom is -0.459 e. The Morgan fingerprint density at radius 2 is 1.85 bits per heavy atom. The number of rotatable bonds is 6. The Hall–Kier alpha value is -1.13. The average molecular weight is 304 g/mol. The van der Waals surface area contributed by atoms with Crippen molar-refractivity contribution in [3.8, 4) is 6.07 Å². The van der Waals surface area contributed by atoms with Gasteiger partial charge in [-0.05, 0) is 33.6 Å². The van der Waals surface area contributed by atoms with Crippen molar-refractivity contribution in [1.29, 1.82) is 5.26 Å².